The first-order valence-corrected chi connectivity index (χ1v) is 8.45. The van der Waals surface area contributed by atoms with Gasteiger partial charge in [0.2, 0.25) is 0 Å². The zero-order chi connectivity index (χ0) is 18.4. The molecule has 2 amide bonds. The van der Waals surface area contributed by atoms with Crippen molar-refractivity contribution in [2.24, 2.45) is 5.10 Å². The van der Waals surface area contributed by atoms with Gasteiger partial charge < -0.3 is 9.73 Å². The predicted octanol–water partition coefficient (Wildman–Crippen LogP) is 4.06. The lowest BCUT2D eigenvalue weighted by molar-refractivity contribution is 0.0953. The molecule has 0 aliphatic rings. The van der Waals surface area contributed by atoms with Crippen LogP contribution in [0.4, 0.5) is 5.69 Å². The van der Waals surface area contributed by atoms with E-state index in [0.29, 0.717) is 22.6 Å². The quantitative estimate of drug-likeness (QED) is 0.490. The molecule has 2 aromatic carbocycles. The number of halogens is 1. The summed E-state index contributed by atoms with van der Waals surface area (Å²) in [5.41, 5.74) is 3.80. The molecule has 0 fully saturated rings. The fourth-order valence-electron chi connectivity index (χ4n) is 2.15. The third-order valence-corrected chi connectivity index (χ3v) is 3.86. The Morgan fingerprint density at radius 1 is 0.962 bits per heavy atom. The molecule has 0 aliphatic heterocycles. The Labute approximate surface area is 158 Å². The first-order chi connectivity index (χ1) is 12.6. The van der Waals surface area contributed by atoms with Gasteiger partial charge in [-0.15, -0.1) is 0 Å². The number of nitrogens with zero attached hydrogens (tertiary/aromatic N) is 1. The van der Waals surface area contributed by atoms with E-state index >= 15 is 0 Å². The van der Waals surface area contributed by atoms with E-state index in [1.807, 2.05) is 6.07 Å². The molecule has 0 spiro atoms. The standard InChI is InChI=1S/C19H14BrN3O3/c20-15-6-1-4-13(10-15)18(24)22-16-7-2-5-14(11-16)19(25)23-21-12-17-8-3-9-26-17/h1-12H,(H,22,24)(H,23,25). The Hall–Kier alpha value is -3.19. The topological polar surface area (TPSA) is 83.7 Å². The number of hydrogen-bond donors (Lipinski definition) is 2. The van der Waals surface area contributed by atoms with Gasteiger partial charge in [0.05, 0.1) is 12.5 Å². The minimum absolute atomic E-state index is 0.264. The van der Waals surface area contributed by atoms with Crippen LogP contribution in [0.15, 0.2) is 80.9 Å². The molecular formula is C19H14BrN3O3. The van der Waals surface area contributed by atoms with E-state index in [9.17, 15) is 9.59 Å². The lowest BCUT2D eigenvalue weighted by Crippen LogP contribution is -2.18. The second-order valence-corrected chi connectivity index (χ2v) is 6.18. The molecule has 130 valence electrons. The molecule has 3 rings (SSSR count). The van der Waals surface area contributed by atoms with Crippen molar-refractivity contribution < 1.29 is 14.0 Å². The van der Waals surface area contributed by atoms with Gasteiger partial charge in [0, 0.05) is 21.3 Å². The molecule has 26 heavy (non-hydrogen) atoms. The highest BCUT2D eigenvalue weighted by Crippen LogP contribution is 2.15. The van der Waals surface area contributed by atoms with E-state index in [-0.39, 0.29) is 5.91 Å². The number of rotatable bonds is 5. The number of hydrogen-bond acceptors (Lipinski definition) is 4. The van der Waals surface area contributed by atoms with Crippen LogP contribution in [0, 0.1) is 0 Å². The van der Waals surface area contributed by atoms with Gasteiger partial charge in [0.15, 0.2) is 0 Å². The summed E-state index contributed by atoms with van der Waals surface area (Å²) in [6, 6.07) is 17.1. The van der Waals surface area contributed by atoms with Gasteiger partial charge in [-0.3, -0.25) is 9.59 Å². The lowest BCUT2D eigenvalue weighted by atomic mass is 10.1. The Morgan fingerprint density at radius 2 is 1.73 bits per heavy atom. The Balaban J connectivity index is 1.65. The Morgan fingerprint density at radius 3 is 2.46 bits per heavy atom. The minimum atomic E-state index is -0.397. The molecule has 0 unspecified atom stereocenters. The second-order valence-electron chi connectivity index (χ2n) is 5.26. The molecule has 2 N–H and O–H groups in total. The van der Waals surface area contributed by atoms with Crippen LogP contribution in [0.5, 0.6) is 0 Å². The third-order valence-electron chi connectivity index (χ3n) is 3.37. The molecule has 0 saturated carbocycles. The van der Waals surface area contributed by atoms with Gasteiger partial charge in [-0.25, -0.2) is 5.43 Å². The summed E-state index contributed by atoms with van der Waals surface area (Å²) in [6.07, 6.45) is 2.91. The summed E-state index contributed by atoms with van der Waals surface area (Å²) < 4.78 is 5.90. The number of anilines is 1. The molecule has 3 aromatic rings. The summed E-state index contributed by atoms with van der Waals surface area (Å²) in [5.74, 6) is -0.133. The van der Waals surface area contributed by atoms with Crippen molar-refractivity contribution in [1.82, 2.24) is 5.43 Å². The van der Waals surface area contributed by atoms with Crippen LogP contribution in [0.3, 0.4) is 0 Å². The van der Waals surface area contributed by atoms with Gasteiger partial charge >= 0.3 is 0 Å². The highest BCUT2D eigenvalue weighted by atomic mass is 79.9. The van der Waals surface area contributed by atoms with E-state index in [1.165, 1.54) is 12.5 Å². The van der Waals surface area contributed by atoms with Crippen LogP contribution in [0.2, 0.25) is 0 Å². The van der Waals surface area contributed by atoms with E-state index in [4.69, 9.17) is 4.42 Å². The minimum Gasteiger partial charge on any atom is -0.463 e. The van der Waals surface area contributed by atoms with E-state index < -0.39 is 5.91 Å². The third kappa shape index (κ3) is 4.67. The number of carbonyl (C=O) groups excluding carboxylic acids is 2. The fourth-order valence-corrected chi connectivity index (χ4v) is 2.55. The second kappa shape index (κ2) is 8.26. The molecule has 0 radical (unpaired) electrons. The summed E-state index contributed by atoms with van der Waals surface area (Å²) in [5, 5.41) is 6.59. The van der Waals surface area contributed by atoms with Crippen molar-refractivity contribution in [3.05, 3.63) is 88.3 Å². The largest absolute Gasteiger partial charge is 0.463 e. The molecule has 6 nitrogen and oxygen atoms in total. The fraction of sp³-hybridized carbons (Fsp3) is 0. The van der Waals surface area contributed by atoms with E-state index in [1.54, 1.807) is 54.6 Å². The summed E-state index contributed by atoms with van der Waals surface area (Å²) in [6.45, 7) is 0. The molecule has 0 aliphatic carbocycles. The van der Waals surface area contributed by atoms with Gasteiger partial charge in [0.1, 0.15) is 5.76 Å². The number of nitrogens with one attached hydrogen (secondary N) is 2. The van der Waals surface area contributed by atoms with Gasteiger partial charge in [-0.1, -0.05) is 28.1 Å². The van der Waals surface area contributed by atoms with Crippen molar-refractivity contribution >= 4 is 39.6 Å². The zero-order valence-corrected chi connectivity index (χ0v) is 15.1. The average molecular weight is 412 g/mol. The SMILES string of the molecule is O=C(NN=Cc1ccco1)c1cccc(NC(=O)c2cccc(Br)c2)c1. The van der Waals surface area contributed by atoms with Gasteiger partial charge in [0.25, 0.3) is 11.8 Å². The highest BCUT2D eigenvalue weighted by molar-refractivity contribution is 9.10. The summed E-state index contributed by atoms with van der Waals surface area (Å²) in [7, 11) is 0. The average Bonchev–Trinajstić information content (AvgIpc) is 3.15. The van der Waals surface area contributed by atoms with Crippen LogP contribution >= 0.6 is 15.9 Å². The summed E-state index contributed by atoms with van der Waals surface area (Å²) >= 11 is 3.33. The number of carbonyl (C=O) groups is 2. The molecule has 7 heteroatoms. The van der Waals surface area contributed by atoms with Crippen LogP contribution in [0.25, 0.3) is 0 Å². The summed E-state index contributed by atoms with van der Waals surface area (Å²) in [4.78, 5) is 24.4. The maximum absolute atomic E-state index is 12.3. The molecule has 1 heterocycles. The van der Waals surface area contributed by atoms with E-state index in [0.717, 1.165) is 4.47 Å². The van der Waals surface area contributed by atoms with Crippen molar-refractivity contribution in [3.63, 3.8) is 0 Å². The van der Waals surface area contributed by atoms with Gasteiger partial charge in [-0.05, 0) is 48.5 Å². The Kier molecular flexibility index (Phi) is 5.60. The van der Waals surface area contributed by atoms with Crippen LogP contribution in [-0.4, -0.2) is 18.0 Å². The number of hydrazone groups is 1. The molecule has 0 atom stereocenters. The number of furan rings is 1. The first-order valence-electron chi connectivity index (χ1n) is 7.66. The predicted molar refractivity (Wildman–Crippen MR) is 102 cm³/mol. The highest BCUT2D eigenvalue weighted by Gasteiger charge is 2.09. The monoisotopic (exact) mass is 411 g/mol. The zero-order valence-electron chi connectivity index (χ0n) is 13.5. The maximum Gasteiger partial charge on any atom is 0.271 e. The van der Waals surface area contributed by atoms with Crippen molar-refractivity contribution in [2.45, 2.75) is 0 Å². The van der Waals surface area contributed by atoms with Crippen molar-refractivity contribution in [1.29, 1.82) is 0 Å². The number of amides is 2. The van der Waals surface area contributed by atoms with E-state index in [2.05, 4.69) is 31.8 Å². The van der Waals surface area contributed by atoms with Crippen molar-refractivity contribution in [2.75, 3.05) is 5.32 Å². The normalized spacial score (nSPS) is 10.7. The van der Waals surface area contributed by atoms with Crippen LogP contribution in [-0.2, 0) is 0 Å². The maximum atomic E-state index is 12.3. The lowest BCUT2D eigenvalue weighted by Gasteiger charge is -2.07. The van der Waals surface area contributed by atoms with Crippen LogP contribution < -0.4 is 10.7 Å². The van der Waals surface area contributed by atoms with Gasteiger partial charge in [-0.2, -0.15) is 5.10 Å². The molecule has 1 aromatic heterocycles. The first kappa shape index (κ1) is 17.6. The molecular weight excluding hydrogens is 398 g/mol. The van der Waals surface area contributed by atoms with Crippen molar-refractivity contribution in [3.8, 4) is 0 Å². The molecule has 0 bridgehead atoms. The smallest absolute Gasteiger partial charge is 0.271 e. The Bertz CT molecular complexity index is 952. The molecule has 0 saturated heterocycles. The van der Waals surface area contributed by atoms with Crippen LogP contribution in [0.1, 0.15) is 26.5 Å². The number of benzene rings is 2.